The molecule has 0 aliphatic heterocycles. The molecule has 0 aliphatic carbocycles. The van der Waals surface area contributed by atoms with Crippen LogP contribution in [0.4, 0.5) is 11.5 Å². The molecule has 8 heteroatoms. The van der Waals surface area contributed by atoms with Crippen LogP contribution in [0.25, 0.3) is 0 Å². The molecule has 1 heterocycles. The fourth-order valence-corrected chi connectivity index (χ4v) is 1.69. The first-order chi connectivity index (χ1) is 8.20. The summed E-state index contributed by atoms with van der Waals surface area (Å²) in [5.74, 6) is 0.127. The van der Waals surface area contributed by atoms with Gasteiger partial charge < -0.3 is 5.73 Å². The van der Waals surface area contributed by atoms with Gasteiger partial charge in [-0.15, -0.1) is 0 Å². The van der Waals surface area contributed by atoms with Crippen LogP contribution < -0.4 is 11.2 Å². The summed E-state index contributed by atoms with van der Waals surface area (Å²) in [6.07, 6.45) is 0. The van der Waals surface area contributed by atoms with Gasteiger partial charge in [-0.3, -0.25) is 10.7 Å². The van der Waals surface area contributed by atoms with Crippen LogP contribution in [0.2, 0.25) is 0 Å². The number of amidine groups is 1. The van der Waals surface area contributed by atoms with Crippen molar-refractivity contribution in [1.29, 1.82) is 0 Å². The van der Waals surface area contributed by atoms with E-state index in [1.54, 1.807) is 6.07 Å². The zero-order valence-electron chi connectivity index (χ0n) is 8.46. The maximum Gasteiger partial charge on any atom is 0.199 e. The molecule has 17 heavy (non-hydrogen) atoms. The Morgan fingerprint density at radius 2 is 2.29 bits per heavy atom. The van der Waals surface area contributed by atoms with E-state index in [-0.39, 0.29) is 17.3 Å². The highest BCUT2D eigenvalue weighted by Gasteiger charge is 2.13. The van der Waals surface area contributed by atoms with Gasteiger partial charge in [0, 0.05) is 3.57 Å². The predicted octanol–water partition coefficient (Wildman–Crippen LogP) is 1.31. The molecule has 2 rings (SSSR count). The van der Waals surface area contributed by atoms with Gasteiger partial charge in [0.15, 0.2) is 17.3 Å². The molecule has 0 radical (unpaired) electrons. The maximum absolute atomic E-state index is 9.01. The van der Waals surface area contributed by atoms with Gasteiger partial charge in [-0.2, -0.15) is 0 Å². The Morgan fingerprint density at radius 3 is 2.88 bits per heavy atom. The molecule has 0 saturated carbocycles. The second kappa shape index (κ2) is 5.10. The van der Waals surface area contributed by atoms with Crippen molar-refractivity contribution in [2.24, 2.45) is 4.99 Å². The third-order valence-corrected chi connectivity index (χ3v) is 2.56. The van der Waals surface area contributed by atoms with Gasteiger partial charge in [0.2, 0.25) is 0 Å². The van der Waals surface area contributed by atoms with Crippen LogP contribution in [0, 0.1) is 3.57 Å². The lowest BCUT2D eigenvalue weighted by Crippen LogP contribution is -2.21. The van der Waals surface area contributed by atoms with E-state index in [1.165, 1.54) is 0 Å². The van der Waals surface area contributed by atoms with E-state index >= 15 is 0 Å². The second-order valence-electron chi connectivity index (χ2n) is 3.05. The SMILES string of the molecule is Nc1nonc1C(=Nc1cccc(I)c1)NO. The summed E-state index contributed by atoms with van der Waals surface area (Å²) in [6.45, 7) is 0. The van der Waals surface area contributed by atoms with Gasteiger partial charge >= 0.3 is 0 Å². The summed E-state index contributed by atoms with van der Waals surface area (Å²) < 4.78 is 5.45. The average molecular weight is 345 g/mol. The van der Waals surface area contributed by atoms with Gasteiger partial charge in [-0.1, -0.05) is 6.07 Å². The molecule has 0 unspecified atom stereocenters. The minimum absolute atomic E-state index is 0.0518. The molecule has 0 aliphatic rings. The third kappa shape index (κ3) is 2.71. The van der Waals surface area contributed by atoms with E-state index in [4.69, 9.17) is 10.9 Å². The quantitative estimate of drug-likeness (QED) is 0.328. The third-order valence-electron chi connectivity index (χ3n) is 1.89. The van der Waals surface area contributed by atoms with Crippen LogP contribution in [0.1, 0.15) is 5.69 Å². The van der Waals surface area contributed by atoms with Crippen LogP contribution in [-0.4, -0.2) is 21.4 Å². The first-order valence-corrected chi connectivity index (χ1v) is 5.61. The topological polar surface area (TPSA) is 110 Å². The van der Waals surface area contributed by atoms with Crippen molar-refractivity contribution in [3.05, 3.63) is 33.5 Å². The largest absolute Gasteiger partial charge is 0.379 e. The van der Waals surface area contributed by atoms with Gasteiger partial charge in [-0.05, 0) is 51.1 Å². The first-order valence-electron chi connectivity index (χ1n) is 4.53. The van der Waals surface area contributed by atoms with Crippen molar-refractivity contribution in [2.75, 3.05) is 5.73 Å². The van der Waals surface area contributed by atoms with Gasteiger partial charge in [0.05, 0.1) is 5.69 Å². The number of hydroxylamine groups is 1. The Bertz CT molecular complexity index is 554. The summed E-state index contributed by atoms with van der Waals surface area (Å²) in [7, 11) is 0. The van der Waals surface area contributed by atoms with E-state index < -0.39 is 0 Å². The molecule has 0 spiro atoms. The zero-order chi connectivity index (χ0) is 12.3. The Hall–Kier alpha value is -1.68. The molecular formula is C9H8IN5O2. The lowest BCUT2D eigenvalue weighted by atomic mass is 10.3. The monoisotopic (exact) mass is 345 g/mol. The Morgan fingerprint density at radius 1 is 1.47 bits per heavy atom. The molecule has 0 amide bonds. The van der Waals surface area contributed by atoms with E-state index in [0.717, 1.165) is 3.57 Å². The highest BCUT2D eigenvalue weighted by molar-refractivity contribution is 14.1. The van der Waals surface area contributed by atoms with Gasteiger partial charge in [0.25, 0.3) is 0 Å². The number of aromatic nitrogens is 2. The van der Waals surface area contributed by atoms with Crippen molar-refractivity contribution in [2.45, 2.75) is 0 Å². The molecule has 7 nitrogen and oxygen atoms in total. The van der Waals surface area contributed by atoms with E-state index in [2.05, 4.69) is 42.5 Å². The van der Waals surface area contributed by atoms with Crippen LogP contribution >= 0.6 is 22.6 Å². The predicted molar refractivity (Wildman–Crippen MR) is 69.0 cm³/mol. The van der Waals surface area contributed by atoms with Crippen LogP contribution in [-0.2, 0) is 0 Å². The number of nitrogen functional groups attached to an aromatic ring is 1. The summed E-state index contributed by atoms with van der Waals surface area (Å²) >= 11 is 2.16. The molecule has 0 bridgehead atoms. The number of benzene rings is 1. The fraction of sp³-hybridized carbons (Fsp3) is 0. The maximum atomic E-state index is 9.01. The number of nitrogens with two attached hydrogens (primary N) is 1. The van der Waals surface area contributed by atoms with E-state index in [9.17, 15) is 0 Å². The minimum Gasteiger partial charge on any atom is -0.379 e. The lowest BCUT2D eigenvalue weighted by Gasteiger charge is -2.01. The zero-order valence-corrected chi connectivity index (χ0v) is 10.6. The standard InChI is InChI=1S/C9H8IN5O2/c10-5-2-1-3-6(4-5)12-9(13-16)7-8(11)15-17-14-7/h1-4,16H,(H2,11,15)(H,12,13). The fourth-order valence-electron chi connectivity index (χ4n) is 1.17. The summed E-state index contributed by atoms with van der Waals surface area (Å²) in [4.78, 5) is 4.15. The molecule has 1 aromatic heterocycles. The Labute approximate surface area is 110 Å². The first kappa shape index (κ1) is 11.8. The molecule has 4 N–H and O–H groups in total. The number of hydrogen-bond acceptors (Lipinski definition) is 6. The highest BCUT2D eigenvalue weighted by Crippen LogP contribution is 2.17. The minimum atomic E-state index is 0.0518. The van der Waals surface area contributed by atoms with Crippen LogP contribution in [0.5, 0.6) is 0 Å². The van der Waals surface area contributed by atoms with E-state index in [1.807, 2.05) is 23.7 Å². The number of halogens is 1. The average Bonchev–Trinajstić information content (AvgIpc) is 2.72. The Kier molecular flexibility index (Phi) is 3.54. The summed E-state index contributed by atoms with van der Waals surface area (Å²) in [5, 5.41) is 15.9. The lowest BCUT2D eigenvalue weighted by molar-refractivity contribution is 0.234. The Balaban J connectivity index is 2.40. The molecule has 0 atom stereocenters. The second-order valence-corrected chi connectivity index (χ2v) is 4.30. The number of nitrogens with one attached hydrogen (secondary N) is 1. The smallest absolute Gasteiger partial charge is 0.199 e. The number of aliphatic imine (C=N–C) groups is 1. The van der Waals surface area contributed by atoms with E-state index in [0.29, 0.717) is 5.69 Å². The van der Waals surface area contributed by atoms with Crippen molar-refractivity contribution in [3.8, 4) is 0 Å². The highest BCUT2D eigenvalue weighted by atomic mass is 127. The van der Waals surface area contributed by atoms with Crippen LogP contribution in [0.15, 0.2) is 33.9 Å². The molecule has 0 saturated heterocycles. The molecular weight excluding hydrogens is 337 g/mol. The molecule has 1 aromatic carbocycles. The van der Waals surface area contributed by atoms with Crippen molar-refractivity contribution in [3.63, 3.8) is 0 Å². The van der Waals surface area contributed by atoms with Crippen molar-refractivity contribution < 1.29 is 9.84 Å². The van der Waals surface area contributed by atoms with Gasteiger partial charge in [0.1, 0.15) is 0 Å². The summed E-state index contributed by atoms with van der Waals surface area (Å²) in [6, 6.07) is 7.39. The summed E-state index contributed by atoms with van der Waals surface area (Å²) in [5.41, 5.74) is 8.23. The number of hydrogen-bond donors (Lipinski definition) is 3. The van der Waals surface area contributed by atoms with Crippen molar-refractivity contribution >= 4 is 39.9 Å². The van der Waals surface area contributed by atoms with Gasteiger partial charge in [-0.25, -0.2) is 9.62 Å². The molecule has 88 valence electrons. The van der Waals surface area contributed by atoms with Crippen LogP contribution in [0.3, 0.4) is 0 Å². The van der Waals surface area contributed by atoms with Crippen molar-refractivity contribution in [1.82, 2.24) is 15.8 Å². The molecule has 2 aromatic rings. The normalized spacial score (nSPS) is 11.5. The number of nitrogens with zero attached hydrogens (tertiary/aromatic N) is 3. The molecule has 0 fully saturated rings. The number of anilines is 1. The number of rotatable bonds is 2.